The van der Waals surface area contributed by atoms with Crippen LogP contribution in [-0.4, -0.2) is 55.1 Å². The summed E-state index contributed by atoms with van der Waals surface area (Å²) < 4.78 is 15.4. The van der Waals surface area contributed by atoms with Crippen LogP contribution in [0.3, 0.4) is 0 Å². The fourth-order valence-electron chi connectivity index (χ4n) is 4.83. The number of ether oxygens (including phenoxy) is 3. The highest BCUT2D eigenvalue weighted by atomic mass is 32.2. The number of unbranched alkanes of at least 4 members (excludes halogenated alkanes) is 1. The maximum absolute atomic E-state index is 13.4. The van der Waals surface area contributed by atoms with Crippen LogP contribution in [0.4, 0.5) is 9.59 Å². The van der Waals surface area contributed by atoms with Crippen molar-refractivity contribution in [2.24, 2.45) is 0 Å². The third kappa shape index (κ3) is 11.2. The highest BCUT2D eigenvalue weighted by Gasteiger charge is 2.31. The van der Waals surface area contributed by atoms with E-state index in [-0.39, 0.29) is 30.9 Å². The van der Waals surface area contributed by atoms with Gasteiger partial charge in [0.15, 0.2) is 0 Å². The Hall–Kier alpha value is -5.10. The van der Waals surface area contributed by atoms with Gasteiger partial charge in [0, 0.05) is 23.5 Å². The number of rotatable bonds is 13. The number of fused-ring (bicyclic) bond motifs is 1. The summed E-state index contributed by atoms with van der Waals surface area (Å²) in [4.78, 5) is 64.2. The van der Waals surface area contributed by atoms with Crippen molar-refractivity contribution < 1.29 is 38.2 Å². The molecule has 1 heterocycles. The molecule has 0 aliphatic carbocycles. The zero-order valence-electron chi connectivity index (χ0n) is 28.0. The maximum atomic E-state index is 13.4. The van der Waals surface area contributed by atoms with E-state index in [1.807, 2.05) is 54.6 Å². The summed E-state index contributed by atoms with van der Waals surface area (Å²) in [6.07, 6.45) is 2.06. The number of alkyl carbamates (subject to hydrolysis) is 2. The lowest BCUT2D eigenvalue weighted by Crippen LogP contribution is -2.41. The summed E-state index contributed by atoms with van der Waals surface area (Å²) in [7, 11) is 1.25. The lowest BCUT2D eigenvalue weighted by atomic mass is 10.0. The van der Waals surface area contributed by atoms with Gasteiger partial charge in [0.25, 0.3) is 5.91 Å². The molecule has 0 radical (unpaired) electrons. The standard InChI is InChI=1S/C37H41N3O8S/c1-37(2,3)48-36(45)39-22-25-18-16-24(17-19-25)21-30-31(41)27-13-10-14-28(32(27)49-30)33(42)40-29(34(43)46-4)15-8-9-20-38-35(44)47-23-26-11-6-5-7-12-26/h5-7,10-14,16-19,21,29H,8-9,15,20,22-23H2,1-4H3,(H,38,44)(H,39,45)(H,40,42)/b30-21+/t29-/m0/s1. The molecule has 1 aliphatic rings. The molecule has 3 N–H and O–H groups in total. The number of benzene rings is 3. The van der Waals surface area contributed by atoms with E-state index in [0.29, 0.717) is 34.8 Å². The molecule has 0 unspecified atom stereocenters. The fourth-order valence-corrected chi connectivity index (χ4v) is 5.98. The molecule has 0 saturated carbocycles. The van der Waals surface area contributed by atoms with Crippen LogP contribution in [0, 0.1) is 0 Å². The van der Waals surface area contributed by atoms with Crippen LogP contribution >= 0.6 is 11.8 Å². The Morgan fingerprint density at radius 2 is 1.59 bits per heavy atom. The molecule has 11 nitrogen and oxygen atoms in total. The van der Waals surface area contributed by atoms with Crippen LogP contribution in [0.2, 0.25) is 0 Å². The number of hydrogen-bond donors (Lipinski definition) is 3. The second kappa shape index (κ2) is 17.3. The summed E-state index contributed by atoms with van der Waals surface area (Å²) >= 11 is 1.20. The van der Waals surface area contributed by atoms with Gasteiger partial charge in [-0.05, 0) is 74.9 Å². The lowest BCUT2D eigenvalue weighted by Gasteiger charge is -2.19. The molecule has 258 valence electrons. The summed E-state index contributed by atoms with van der Waals surface area (Å²) in [6.45, 7) is 6.17. The lowest BCUT2D eigenvalue weighted by molar-refractivity contribution is -0.143. The molecular weight excluding hydrogens is 646 g/mol. The van der Waals surface area contributed by atoms with Crippen LogP contribution in [0.5, 0.6) is 0 Å². The molecule has 0 fully saturated rings. The van der Waals surface area contributed by atoms with Crippen LogP contribution in [0.25, 0.3) is 6.08 Å². The Labute approximate surface area is 290 Å². The van der Waals surface area contributed by atoms with Crippen molar-refractivity contribution in [1.29, 1.82) is 0 Å². The third-order valence-corrected chi connectivity index (χ3v) is 8.41. The minimum Gasteiger partial charge on any atom is -0.467 e. The van der Waals surface area contributed by atoms with Gasteiger partial charge in [0.2, 0.25) is 5.78 Å². The van der Waals surface area contributed by atoms with E-state index >= 15 is 0 Å². The third-order valence-electron chi connectivity index (χ3n) is 7.25. The summed E-state index contributed by atoms with van der Waals surface area (Å²) in [5.41, 5.74) is 2.61. The molecule has 1 atom stereocenters. The number of nitrogens with one attached hydrogen (secondary N) is 3. The van der Waals surface area contributed by atoms with Crippen LogP contribution in [-0.2, 0) is 32.2 Å². The van der Waals surface area contributed by atoms with E-state index in [1.54, 1.807) is 45.0 Å². The highest BCUT2D eigenvalue weighted by Crippen LogP contribution is 2.43. The molecule has 49 heavy (non-hydrogen) atoms. The van der Waals surface area contributed by atoms with Gasteiger partial charge < -0.3 is 30.2 Å². The molecule has 0 aromatic heterocycles. The Morgan fingerprint density at radius 3 is 2.29 bits per heavy atom. The number of allylic oxidation sites excluding steroid dienone is 1. The van der Waals surface area contributed by atoms with Gasteiger partial charge in [-0.25, -0.2) is 14.4 Å². The Balaban J connectivity index is 1.30. The van der Waals surface area contributed by atoms with E-state index in [4.69, 9.17) is 14.2 Å². The number of thioether (sulfide) groups is 1. The summed E-state index contributed by atoms with van der Waals surface area (Å²) in [6, 6.07) is 20.7. The first-order valence-electron chi connectivity index (χ1n) is 15.9. The molecule has 1 aliphatic heterocycles. The van der Waals surface area contributed by atoms with E-state index in [9.17, 15) is 24.0 Å². The first-order chi connectivity index (χ1) is 23.4. The number of esters is 1. The van der Waals surface area contributed by atoms with E-state index < -0.39 is 35.7 Å². The molecule has 0 bridgehead atoms. The molecule has 3 amide bonds. The van der Waals surface area contributed by atoms with Crippen molar-refractivity contribution in [2.45, 2.75) is 69.7 Å². The van der Waals surface area contributed by atoms with Crippen molar-refractivity contribution in [3.8, 4) is 0 Å². The Morgan fingerprint density at radius 1 is 0.857 bits per heavy atom. The van der Waals surface area contributed by atoms with Crippen molar-refractivity contribution in [2.75, 3.05) is 13.7 Å². The van der Waals surface area contributed by atoms with Gasteiger partial charge in [-0.1, -0.05) is 72.4 Å². The van der Waals surface area contributed by atoms with E-state index in [2.05, 4.69) is 16.0 Å². The first-order valence-corrected chi connectivity index (χ1v) is 16.7. The first kappa shape index (κ1) is 36.7. The predicted molar refractivity (Wildman–Crippen MR) is 186 cm³/mol. The van der Waals surface area contributed by atoms with Crippen molar-refractivity contribution in [3.05, 3.63) is 106 Å². The topological polar surface area (TPSA) is 149 Å². The van der Waals surface area contributed by atoms with Crippen LogP contribution < -0.4 is 16.0 Å². The zero-order valence-corrected chi connectivity index (χ0v) is 28.8. The number of hydrogen-bond acceptors (Lipinski definition) is 9. The Kier molecular flexibility index (Phi) is 13.0. The second-order valence-electron chi connectivity index (χ2n) is 12.3. The number of Topliss-reactive ketones (excluding diaryl/α,β-unsaturated/α-hetero) is 1. The molecule has 3 aromatic carbocycles. The summed E-state index contributed by atoms with van der Waals surface area (Å²) in [5, 5.41) is 8.16. The molecule has 0 saturated heterocycles. The molecule has 12 heteroatoms. The van der Waals surface area contributed by atoms with E-state index in [0.717, 1.165) is 16.7 Å². The normalized spacial score (nSPS) is 13.6. The van der Waals surface area contributed by atoms with Crippen molar-refractivity contribution >= 4 is 47.7 Å². The number of carbonyl (C=O) groups is 5. The number of methoxy groups -OCH3 is 1. The minimum atomic E-state index is -0.918. The van der Waals surface area contributed by atoms with Crippen LogP contribution in [0.1, 0.15) is 77.4 Å². The quantitative estimate of drug-likeness (QED) is 0.0802. The molecular formula is C37H41N3O8S. The number of amides is 3. The monoisotopic (exact) mass is 687 g/mol. The van der Waals surface area contributed by atoms with Gasteiger partial charge in [-0.2, -0.15) is 0 Å². The SMILES string of the molecule is COC(=O)[C@H](CCCCNC(=O)OCc1ccccc1)NC(=O)c1cccc2c1S/C(=C/c1ccc(CNC(=O)OC(C)(C)C)cc1)C2=O. The van der Waals surface area contributed by atoms with E-state index in [1.165, 1.54) is 18.9 Å². The van der Waals surface area contributed by atoms with Crippen molar-refractivity contribution in [3.63, 3.8) is 0 Å². The minimum absolute atomic E-state index is 0.164. The van der Waals surface area contributed by atoms with Gasteiger partial charge in [0.1, 0.15) is 18.2 Å². The largest absolute Gasteiger partial charge is 0.467 e. The van der Waals surface area contributed by atoms with Gasteiger partial charge in [-0.15, -0.1) is 0 Å². The second-order valence-corrected chi connectivity index (χ2v) is 13.3. The average Bonchev–Trinajstić information content (AvgIpc) is 3.40. The predicted octanol–water partition coefficient (Wildman–Crippen LogP) is 6.41. The van der Waals surface area contributed by atoms with Gasteiger partial charge in [-0.3, -0.25) is 9.59 Å². The maximum Gasteiger partial charge on any atom is 0.407 e. The Bertz CT molecular complexity index is 1680. The molecule has 3 aromatic rings. The van der Waals surface area contributed by atoms with Crippen molar-refractivity contribution in [1.82, 2.24) is 16.0 Å². The highest BCUT2D eigenvalue weighted by molar-refractivity contribution is 8.05. The van der Waals surface area contributed by atoms with Gasteiger partial charge >= 0.3 is 18.2 Å². The fraction of sp³-hybridized carbons (Fsp3) is 0.324. The molecule has 4 rings (SSSR count). The van der Waals surface area contributed by atoms with Gasteiger partial charge in [0.05, 0.1) is 17.6 Å². The number of ketones is 1. The zero-order chi connectivity index (χ0) is 35.4. The smallest absolute Gasteiger partial charge is 0.407 e. The average molecular weight is 688 g/mol. The number of carbonyl (C=O) groups excluding carboxylic acids is 5. The summed E-state index contributed by atoms with van der Waals surface area (Å²) in [5.74, 6) is -1.30. The van der Waals surface area contributed by atoms with Crippen LogP contribution in [0.15, 0.2) is 82.6 Å². The molecule has 0 spiro atoms.